The van der Waals surface area contributed by atoms with Gasteiger partial charge in [0.25, 0.3) is 5.91 Å². The molecule has 92 valence electrons. The summed E-state index contributed by atoms with van der Waals surface area (Å²) in [6.45, 7) is 3.28. The van der Waals surface area contributed by atoms with E-state index in [0.29, 0.717) is 19.7 Å². The van der Waals surface area contributed by atoms with Gasteiger partial charge in [0.05, 0.1) is 23.3 Å². The highest BCUT2D eigenvalue weighted by molar-refractivity contribution is 6.33. The summed E-state index contributed by atoms with van der Waals surface area (Å²) in [7, 11) is 0. The molecule has 0 bridgehead atoms. The van der Waals surface area contributed by atoms with Crippen LogP contribution in [0, 0.1) is 5.82 Å². The molecule has 1 amide bonds. The normalized spacial score (nSPS) is 20.4. The summed E-state index contributed by atoms with van der Waals surface area (Å²) in [6.07, 6.45) is -0.0294. The molecular formula is C12H13ClFNO2. The average Bonchev–Trinajstić information content (AvgIpc) is 2.28. The van der Waals surface area contributed by atoms with E-state index in [2.05, 4.69) is 0 Å². The van der Waals surface area contributed by atoms with Crippen molar-refractivity contribution in [2.75, 3.05) is 19.7 Å². The van der Waals surface area contributed by atoms with E-state index in [1.165, 1.54) is 18.2 Å². The first kappa shape index (κ1) is 12.3. The topological polar surface area (TPSA) is 29.5 Å². The Bertz CT molecular complexity index is 418. The molecular weight excluding hydrogens is 245 g/mol. The van der Waals surface area contributed by atoms with Crippen molar-refractivity contribution < 1.29 is 13.9 Å². The number of hydrogen-bond donors (Lipinski definition) is 0. The molecule has 0 saturated carbocycles. The Morgan fingerprint density at radius 3 is 3.00 bits per heavy atom. The highest BCUT2D eigenvalue weighted by atomic mass is 35.5. The SMILES string of the molecule is CC1CN(C(=O)c2c(F)cccc2Cl)CCO1. The third-order valence-corrected chi connectivity index (χ3v) is 3.02. The first-order valence-corrected chi connectivity index (χ1v) is 5.82. The Labute approximate surface area is 104 Å². The van der Waals surface area contributed by atoms with Gasteiger partial charge < -0.3 is 9.64 Å². The molecule has 1 aromatic rings. The molecule has 0 N–H and O–H groups in total. The molecule has 1 fully saturated rings. The molecule has 1 aliphatic heterocycles. The third kappa shape index (κ3) is 2.58. The summed E-state index contributed by atoms with van der Waals surface area (Å²) in [6, 6.07) is 4.24. The average molecular weight is 258 g/mol. The van der Waals surface area contributed by atoms with Gasteiger partial charge in [0.15, 0.2) is 0 Å². The fraction of sp³-hybridized carbons (Fsp3) is 0.417. The second-order valence-corrected chi connectivity index (χ2v) is 4.44. The highest BCUT2D eigenvalue weighted by Crippen LogP contribution is 2.21. The lowest BCUT2D eigenvalue weighted by Crippen LogP contribution is -2.44. The van der Waals surface area contributed by atoms with Crippen LogP contribution in [0.1, 0.15) is 17.3 Å². The lowest BCUT2D eigenvalue weighted by atomic mass is 10.1. The zero-order valence-corrected chi connectivity index (χ0v) is 10.2. The summed E-state index contributed by atoms with van der Waals surface area (Å²) < 4.78 is 18.9. The van der Waals surface area contributed by atoms with Crippen LogP contribution in [-0.4, -0.2) is 36.6 Å². The van der Waals surface area contributed by atoms with Gasteiger partial charge in [0.2, 0.25) is 0 Å². The molecule has 1 aliphatic rings. The van der Waals surface area contributed by atoms with Gasteiger partial charge in [0, 0.05) is 13.1 Å². The van der Waals surface area contributed by atoms with Crippen molar-refractivity contribution in [2.24, 2.45) is 0 Å². The number of rotatable bonds is 1. The van der Waals surface area contributed by atoms with E-state index in [1.807, 2.05) is 6.92 Å². The second kappa shape index (κ2) is 5.02. The van der Waals surface area contributed by atoms with Crippen LogP contribution >= 0.6 is 11.6 Å². The maximum Gasteiger partial charge on any atom is 0.258 e. The fourth-order valence-electron chi connectivity index (χ4n) is 1.86. The lowest BCUT2D eigenvalue weighted by Gasteiger charge is -2.31. The van der Waals surface area contributed by atoms with Crippen LogP contribution < -0.4 is 0 Å². The van der Waals surface area contributed by atoms with Crippen molar-refractivity contribution in [3.63, 3.8) is 0 Å². The van der Waals surface area contributed by atoms with Crippen molar-refractivity contribution in [3.8, 4) is 0 Å². The molecule has 0 aliphatic carbocycles. The summed E-state index contributed by atoms with van der Waals surface area (Å²) in [5.41, 5.74) is -0.0525. The van der Waals surface area contributed by atoms with Crippen LogP contribution in [0.15, 0.2) is 18.2 Å². The fourth-order valence-corrected chi connectivity index (χ4v) is 2.11. The Kier molecular flexibility index (Phi) is 3.64. The Hall–Kier alpha value is -1.13. The molecule has 0 spiro atoms. The summed E-state index contributed by atoms with van der Waals surface area (Å²) in [4.78, 5) is 13.7. The van der Waals surface area contributed by atoms with E-state index in [0.717, 1.165) is 0 Å². The molecule has 1 saturated heterocycles. The van der Waals surface area contributed by atoms with Crippen LogP contribution in [0.3, 0.4) is 0 Å². The van der Waals surface area contributed by atoms with E-state index in [9.17, 15) is 9.18 Å². The van der Waals surface area contributed by atoms with Crippen molar-refractivity contribution >= 4 is 17.5 Å². The molecule has 1 unspecified atom stereocenters. The van der Waals surface area contributed by atoms with Crippen LogP contribution in [0.2, 0.25) is 5.02 Å². The minimum atomic E-state index is -0.582. The lowest BCUT2D eigenvalue weighted by molar-refractivity contribution is -0.0125. The molecule has 5 heteroatoms. The smallest absolute Gasteiger partial charge is 0.258 e. The number of morpholine rings is 1. The van der Waals surface area contributed by atoms with Crippen LogP contribution in [0.4, 0.5) is 4.39 Å². The molecule has 0 aromatic heterocycles. The number of carbonyl (C=O) groups excluding carboxylic acids is 1. The number of hydrogen-bond acceptors (Lipinski definition) is 2. The van der Waals surface area contributed by atoms with Gasteiger partial charge in [-0.2, -0.15) is 0 Å². The van der Waals surface area contributed by atoms with Gasteiger partial charge in [-0.15, -0.1) is 0 Å². The third-order valence-electron chi connectivity index (χ3n) is 2.70. The van der Waals surface area contributed by atoms with E-state index in [-0.39, 0.29) is 22.6 Å². The first-order chi connectivity index (χ1) is 8.09. The molecule has 17 heavy (non-hydrogen) atoms. The van der Waals surface area contributed by atoms with E-state index in [1.54, 1.807) is 4.90 Å². The van der Waals surface area contributed by atoms with Crippen LogP contribution in [0.25, 0.3) is 0 Å². The number of ether oxygens (including phenoxy) is 1. The number of benzene rings is 1. The zero-order valence-electron chi connectivity index (χ0n) is 9.45. The van der Waals surface area contributed by atoms with Gasteiger partial charge in [-0.1, -0.05) is 17.7 Å². The quantitative estimate of drug-likeness (QED) is 0.773. The van der Waals surface area contributed by atoms with Crippen molar-refractivity contribution in [1.29, 1.82) is 0 Å². The van der Waals surface area contributed by atoms with Crippen molar-refractivity contribution in [1.82, 2.24) is 4.90 Å². The van der Waals surface area contributed by atoms with Crippen LogP contribution in [0.5, 0.6) is 0 Å². The maximum absolute atomic E-state index is 13.6. The van der Waals surface area contributed by atoms with Crippen molar-refractivity contribution in [2.45, 2.75) is 13.0 Å². The van der Waals surface area contributed by atoms with E-state index >= 15 is 0 Å². The van der Waals surface area contributed by atoms with Crippen molar-refractivity contribution in [3.05, 3.63) is 34.6 Å². The standard InChI is InChI=1S/C12H13ClFNO2/c1-8-7-15(5-6-17-8)12(16)11-9(13)3-2-4-10(11)14/h2-4,8H,5-7H2,1H3. The molecule has 1 atom stereocenters. The number of carbonyl (C=O) groups is 1. The molecule has 2 rings (SSSR count). The zero-order chi connectivity index (χ0) is 12.4. The minimum Gasteiger partial charge on any atom is -0.375 e. The molecule has 0 radical (unpaired) electrons. The Morgan fingerprint density at radius 2 is 2.35 bits per heavy atom. The number of nitrogens with zero attached hydrogens (tertiary/aromatic N) is 1. The van der Waals surface area contributed by atoms with Gasteiger partial charge in [-0.3, -0.25) is 4.79 Å². The number of halogens is 2. The Morgan fingerprint density at radius 1 is 1.59 bits per heavy atom. The van der Waals surface area contributed by atoms with E-state index < -0.39 is 5.82 Å². The molecule has 3 nitrogen and oxygen atoms in total. The van der Waals surface area contributed by atoms with Gasteiger partial charge in [-0.25, -0.2) is 4.39 Å². The predicted octanol–water partition coefficient (Wildman–Crippen LogP) is 2.34. The minimum absolute atomic E-state index is 0.0294. The number of amides is 1. The maximum atomic E-state index is 13.6. The van der Waals surface area contributed by atoms with E-state index in [4.69, 9.17) is 16.3 Å². The van der Waals surface area contributed by atoms with Gasteiger partial charge >= 0.3 is 0 Å². The largest absolute Gasteiger partial charge is 0.375 e. The summed E-state index contributed by atoms with van der Waals surface area (Å²) >= 11 is 5.86. The van der Waals surface area contributed by atoms with Crippen LogP contribution in [-0.2, 0) is 4.74 Å². The summed E-state index contributed by atoms with van der Waals surface area (Å²) in [5.74, 6) is -0.954. The Balaban J connectivity index is 2.24. The molecule has 1 aromatic carbocycles. The first-order valence-electron chi connectivity index (χ1n) is 5.44. The van der Waals surface area contributed by atoms with Gasteiger partial charge in [-0.05, 0) is 19.1 Å². The second-order valence-electron chi connectivity index (χ2n) is 4.03. The monoisotopic (exact) mass is 257 g/mol. The summed E-state index contributed by atoms with van der Waals surface area (Å²) in [5, 5.41) is 0.147. The van der Waals surface area contributed by atoms with Gasteiger partial charge in [0.1, 0.15) is 5.82 Å². The molecule has 1 heterocycles. The highest BCUT2D eigenvalue weighted by Gasteiger charge is 2.26. The predicted molar refractivity (Wildman–Crippen MR) is 62.7 cm³/mol.